The van der Waals surface area contributed by atoms with Gasteiger partial charge in [0.25, 0.3) is 0 Å². The summed E-state index contributed by atoms with van der Waals surface area (Å²) in [4.78, 5) is 10.8. The quantitative estimate of drug-likeness (QED) is 0.494. The molecule has 0 unspecified atom stereocenters. The van der Waals surface area contributed by atoms with Crippen LogP contribution in [-0.2, 0) is 0 Å². The van der Waals surface area contributed by atoms with Crippen LogP contribution in [0.25, 0.3) is 16.7 Å². The van der Waals surface area contributed by atoms with Crippen molar-refractivity contribution in [2.75, 3.05) is 5.73 Å². The molecule has 0 spiro atoms. The molecule has 6 nitrogen and oxygen atoms in total. The van der Waals surface area contributed by atoms with Crippen LogP contribution >= 0.6 is 0 Å². The number of aryl methyl sites for hydroxylation is 1. The van der Waals surface area contributed by atoms with Gasteiger partial charge in [0.15, 0.2) is 11.9 Å². The highest BCUT2D eigenvalue weighted by atomic mass is 16.1. The lowest BCUT2D eigenvalue weighted by atomic mass is 10.1. The highest BCUT2D eigenvalue weighted by molar-refractivity contribution is 5.97. The summed E-state index contributed by atoms with van der Waals surface area (Å²) in [5.74, 6) is 0. The molecule has 0 saturated heterocycles. The molecule has 0 aliphatic rings. The molecule has 2 N–H and O–H groups in total. The molecule has 2 heterocycles. The average Bonchev–Trinajstić information content (AvgIpc) is 2.70. The molecule has 0 saturated carbocycles. The average molecular weight is 227 g/mol. The Hall–Kier alpha value is -2.50. The van der Waals surface area contributed by atoms with Crippen LogP contribution in [0, 0.1) is 6.92 Å². The van der Waals surface area contributed by atoms with Gasteiger partial charge in [-0.1, -0.05) is 0 Å². The lowest BCUT2D eigenvalue weighted by Gasteiger charge is -2.04. The van der Waals surface area contributed by atoms with Crippen LogP contribution in [-0.4, -0.2) is 26.1 Å². The molecule has 6 heteroatoms. The molecule has 3 rings (SSSR count). The van der Waals surface area contributed by atoms with Gasteiger partial charge in [-0.2, -0.15) is 5.10 Å². The summed E-state index contributed by atoms with van der Waals surface area (Å²) < 4.78 is 1.67. The third-order valence-electron chi connectivity index (χ3n) is 2.65. The van der Waals surface area contributed by atoms with Gasteiger partial charge in [-0.25, -0.2) is 4.52 Å². The van der Waals surface area contributed by atoms with Crippen LogP contribution in [0.15, 0.2) is 18.2 Å². The molecule has 1 aromatic carbocycles. The highest BCUT2D eigenvalue weighted by Crippen LogP contribution is 2.21. The maximum absolute atomic E-state index is 10.8. The zero-order chi connectivity index (χ0) is 12.0. The van der Waals surface area contributed by atoms with Gasteiger partial charge in [-0.05, 0) is 19.1 Å². The Morgan fingerprint density at radius 1 is 1.35 bits per heavy atom. The van der Waals surface area contributed by atoms with Crippen LogP contribution in [0.2, 0.25) is 0 Å². The third-order valence-corrected chi connectivity index (χ3v) is 2.65. The van der Waals surface area contributed by atoms with Gasteiger partial charge in [-0.15, -0.1) is 10.2 Å². The minimum Gasteiger partial charge on any atom is -0.396 e. The molecule has 0 amide bonds. The molecule has 0 radical (unpaired) electrons. The highest BCUT2D eigenvalue weighted by Gasteiger charge is 2.10. The summed E-state index contributed by atoms with van der Waals surface area (Å²) in [5, 5.41) is 12.4. The van der Waals surface area contributed by atoms with Crippen LogP contribution < -0.4 is 5.73 Å². The minimum atomic E-state index is 0.333. The molecule has 0 atom stereocenters. The Balaban J connectivity index is 2.52. The van der Waals surface area contributed by atoms with Gasteiger partial charge in [0.2, 0.25) is 0 Å². The maximum atomic E-state index is 10.8. The first kappa shape index (κ1) is 9.71. The van der Waals surface area contributed by atoms with Crippen molar-refractivity contribution in [2.45, 2.75) is 6.92 Å². The van der Waals surface area contributed by atoms with E-state index in [-0.39, 0.29) is 0 Å². The number of carbonyl (C=O) groups is 1. The molecule has 2 aromatic heterocycles. The first-order valence-electron chi connectivity index (χ1n) is 5.07. The van der Waals surface area contributed by atoms with E-state index in [4.69, 9.17) is 5.73 Å². The topological polar surface area (TPSA) is 86.2 Å². The number of benzene rings is 1. The van der Waals surface area contributed by atoms with Crippen molar-refractivity contribution in [2.24, 2.45) is 0 Å². The normalized spacial score (nSPS) is 11.1. The van der Waals surface area contributed by atoms with E-state index < -0.39 is 0 Å². The Morgan fingerprint density at radius 2 is 2.18 bits per heavy atom. The van der Waals surface area contributed by atoms with Crippen molar-refractivity contribution in [3.8, 4) is 0 Å². The molecule has 0 aliphatic heterocycles. The van der Waals surface area contributed by atoms with Crippen molar-refractivity contribution in [3.63, 3.8) is 0 Å². The summed E-state index contributed by atoms with van der Waals surface area (Å²) >= 11 is 0. The maximum Gasteiger partial charge on any atom is 0.178 e. The number of aldehydes is 1. The van der Waals surface area contributed by atoms with E-state index in [2.05, 4.69) is 15.3 Å². The molecular weight excluding hydrogens is 218 g/mol. The molecule has 3 aromatic rings. The SMILES string of the molecule is Cc1cc2nnc3c(N)c(C=O)ccc3n2n1. The number of carbonyl (C=O) groups excluding carboxylic acids is 1. The van der Waals surface area contributed by atoms with Crippen molar-refractivity contribution in [1.29, 1.82) is 0 Å². The molecule has 0 bridgehead atoms. The summed E-state index contributed by atoms with van der Waals surface area (Å²) in [6.07, 6.45) is 0.703. The second-order valence-corrected chi connectivity index (χ2v) is 3.81. The number of nitrogens with zero attached hydrogens (tertiary/aromatic N) is 4. The molecular formula is C11H9N5O. The van der Waals surface area contributed by atoms with E-state index in [0.717, 1.165) is 11.2 Å². The Morgan fingerprint density at radius 3 is 2.94 bits per heavy atom. The Kier molecular flexibility index (Phi) is 1.85. The predicted molar refractivity (Wildman–Crippen MR) is 62.8 cm³/mol. The fourth-order valence-corrected chi connectivity index (χ4v) is 1.83. The number of hydrogen-bond donors (Lipinski definition) is 1. The van der Waals surface area contributed by atoms with Gasteiger partial charge in [-0.3, -0.25) is 4.79 Å². The van der Waals surface area contributed by atoms with Crippen LogP contribution in [0.3, 0.4) is 0 Å². The molecule has 0 aliphatic carbocycles. The number of rotatable bonds is 1. The Bertz CT molecular complexity index is 746. The third kappa shape index (κ3) is 1.27. The largest absolute Gasteiger partial charge is 0.396 e. The lowest BCUT2D eigenvalue weighted by molar-refractivity contribution is 0.112. The first-order valence-corrected chi connectivity index (χ1v) is 5.07. The second-order valence-electron chi connectivity index (χ2n) is 3.81. The predicted octanol–water partition coefficient (Wildman–Crippen LogP) is 0.981. The van der Waals surface area contributed by atoms with Crippen molar-refractivity contribution >= 4 is 28.7 Å². The zero-order valence-electron chi connectivity index (χ0n) is 9.08. The number of fused-ring (bicyclic) bond motifs is 3. The number of nitrogens with two attached hydrogens (primary N) is 1. The van der Waals surface area contributed by atoms with Gasteiger partial charge in [0.1, 0.15) is 5.52 Å². The van der Waals surface area contributed by atoms with Gasteiger partial charge in [0.05, 0.1) is 16.9 Å². The van der Waals surface area contributed by atoms with E-state index in [0.29, 0.717) is 28.7 Å². The summed E-state index contributed by atoms with van der Waals surface area (Å²) in [6.45, 7) is 1.88. The van der Waals surface area contributed by atoms with Crippen molar-refractivity contribution in [3.05, 3.63) is 29.5 Å². The van der Waals surface area contributed by atoms with Crippen molar-refractivity contribution in [1.82, 2.24) is 19.8 Å². The van der Waals surface area contributed by atoms with E-state index in [1.54, 1.807) is 16.6 Å². The lowest BCUT2D eigenvalue weighted by Crippen LogP contribution is -2.02. The number of hydrogen-bond acceptors (Lipinski definition) is 5. The van der Waals surface area contributed by atoms with E-state index in [1.807, 2.05) is 13.0 Å². The van der Waals surface area contributed by atoms with Gasteiger partial charge >= 0.3 is 0 Å². The van der Waals surface area contributed by atoms with Gasteiger partial charge < -0.3 is 5.73 Å². The molecule has 0 fully saturated rings. The minimum absolute atomic E-state index is 0.333. The Labute approximate surface area is 96.1 Å². The fraction of sp³-hybridized carbons (Fsp3) is 0.0909. The van der Waals surface area contributed by atoms with E-state index >= 15 is 0 Å². The fourth-order valence-electron chi connectivity index (χ4n) is 1.83. The van der Waals surface area contributed by atoms with Gasteiger partial charge in [0, 0.05) is 11.6 Å². The standard InChI is InChI=1S/C11H9N5O/c1-6-4-9-13-14-11-8(16(9)15-6)3-2-7(5-17)10(11)12/h2-5H,12H2,1H3. The molecule has 17 heavy (non-hydrogen) atoms. The van der Waals surface area contributed by atoms with Crippen LogP contribution in [0.1, 0.15) is 16.1 Å². The van der Waals surface area contributed by atoms with E-state index in [1.165, 1.54) is 0 Å². The summed E-state index contributed by atoms with van der Waals surface area (Å²) in [7, 11) is 0. The monoisotopic (exact) mass is 227 g/mol. The summed E-state index contributed by atoms with van der Waals surface area (Å²) in [5.41, 5.74) is 9.34. The van der Waals surface area contributed by atoms with Crippen LogP contribution in [0.4, 0.5) is 5.69 Å². The van der Waals surface area contributed by atoms with Crippen molar-refractivity contribution < 1.29 is 4.79 Å². The second kappa shape index (κ2) is 3.24. The van der Waals surface area contributed by atoms with Crippen LogP contribution in [0.5, 0.6) is 0 Å². The number of nitrogen functional groups attached to an aromatic ring is 1. The number of anilines is 1. The molecule has 84 valence electrons. The number of aromatic nitrogens is 4. The zero-order valence-corrected chi connectivity index (χ0v) is 9.08. The summed E-state index contributed by atoms with van der Waals surface area (Å²) in [6, 6.07) is 5.25. The van der Waals surface area contributed by atoms with E-state index in [9.17, 15) is 4.79 Å². The smallest absolute Gasteiger partial charge is 0.178 e. The first-order chi connectivity index (χ1) is 8.20.